The van der Waals surface area contributed by atoms with E-state index in [-0.39, 0.29) is 12.1 Å². The van der Waals surface area contributed by atoms with Crippen molar-refractivity contribution in [3.05, 3.63) is 60.4 Å². The van der Waals surface area contributed by atoms with Crippen LogP contribution in [-0.2, 0) is 6.54 Å². The molecule has 1 amide bonds. The number of carbonyl (C=O) groups is 1. The van der Waals surface area contributed by atoms with Crippen LogP contribution in [0, 0.1) is 0 Å². The van der Waals surface area contributed by atoms with Gasteiger partial charge in [0.2, 0.25) is 0 Å². The highest BCUT2D eigenvalue weighted by atomic mass is 16.5. The Labute approximate surface area is 129 Å². The average molecular weight is 298 g/mol. The lowest BCUT2D eigenvalue weighted by atomic mass is 9.89. The van der Waals surface area contributed by atoms with Crippen molar-refractivity contribution in [2.24, 2.45) is 0 Å². The van der Waals surface area contributed by atoms with Crippen molar-refractivity contribution in [1.29, 1.82) is 0 Å². The number of ether oxygens (including phenoxy) is 1. The number of aromatic nitrogens is 1. The number of pyridine rings is 1. The highest BCUT2D eigenvalue weighted by molar-refractivity contribution is 5.62. The van der Waals surface area contributed by atoms with E-state index in [1.165, 1.54) is 5.56 Å². The summed E-state index contributed by atoms with van der Waals surface area (Å²) in [5, 5.41) is 12.7. The Morgan fingerprint density at radius 1 is 1.18 bits per heavy atom. The molecule has 0 saturated heterocycles. The van der Waals surface area contributed by atoms with Crippen LogP contribution < -0.4 is 19.7 Å². The molecular weight excluding hydrogens is 280 g/mol. The van der Waals surface area contributed by atoms with Gasteiger partial charge < -0.3 is 20.0 Å². The van der Waals surface area contributed by atoms with Crippen molar-refractivity contribution in [1.82, 2.24) is 5.32 Å². The lowest BCUT2D eigenvalue weighted by molar-refractivity contribution is -0.688. The number of nitrogens with one attached hydrogen (secondary N) is 1. The Morgan fingerprint density at radius 3 is 2.50 bits per heavy atom. The molecule has 5 nitrogen and oxygen atoms in total. The van der Waals surface area contributed by atoms with E-state index in [2.05, 4.69) is 22.0 Å². The molecule has 114 valence electrons. The standard InChI is InChI=1S/C17H18N2O3/c20-17(21)18-14-10-16(11-14)22-15-6-8-19(9-7-15)12-13-4-2-1-3-5-13/h1-9,14,16,18H,10-12H2. The number of hydrogen-bond acceptors (Lipinski definition) is 3. The quantitative estimate of drug-likeness (QED) is 0.833. The summed E-state index contributed by atoms with van der Waals surface area (Å²) in [6, 6.07) is 14.1. The van der Waals surface area contributed by atoms with Crippen molar-refractivity contribution in [2.45, 2.75) is 31.5 Å². The number of carbonyl (C=O) groups excluding carboxylic acids is 1. The molecule has 1 heterocycles. The van der Waals surface area contributed by atoms with E-state index in [0.29, 0.717) is 12.8 Å². The maximum atomic E-state index is 10.4. The van der Waals surface area contributed by atoms with Crippen molar-refractivity contribution in [2.75, 3.05) is 0 Å². The fraction of sp³-hybridized carbons (Fsp3) is 0.294. The Balaban J connectivity index is 1.49. The molecule has 0 radical (unpaired) electrons. The van der Waals surface area contributed by atoms with Gasteiger partial charge in [0.1, 0.15) is 17.9 Å². The van der Waals surface area contributed by atoms with Gasteiger partial charge in [0.25, 0.3) is 0 Å². The second-order valence-corrected chi connectivity index (χ2v) is 5.53. The Kier molecular flexibility index (Phi) is 4.23. The molecule has 0 atom stereocenters. The molecule has 0 bridgehead atoms. The number of amides is 1. The smallest absolute Gasteiger partial charge is 0.173 e. The third-order valence-electron chi connectivity index (χ3n) is 3.79. The number of benzene rings is 1. The molecule has 1 aliphatic carbocycles. The average Bonchev–Trinajstić information content (AvgIpc) is 2.47. The van der Waals surface area contributed by atoms with Crippen LogP contribution >= 0.6 is 0 Å². The van der Waals surface area contributed by atoms with Crippen molar-refractivity contribution >= 4 is 6.09 Å². The zero-order valence-electron chi connectivity index (χ0n) is 12.1. The van der Waals surface area contributed by atoms with Gasteiger partial charge in [-0.05, 0) is 0 Å². The lowest BCUT2D eigenvalue weighted by Crippen LogP contribution is -2.52. The fourth-order valence-electron chi connectivity index (χ4n) is 2.56. The SMILES string of the molecule is O=C([O-])NC1CC(Oc2cc[n+](Cc3ccccc3)cc2)C1. The van der Waals surface area contributed by atoms with Crippen LogP contribution in [0.25, 0.3) is 0 Å². The zero-order chi connectivity index (χ0) is 15.4. The highest BCUT2D eigenvalue weighted by Gasteiger charge is 2.30. The van der Waals surface area contributed by atoms with Gasteiger partial charge in [-0.2, -0.15) is 0 Å². The van der Waals surface area contributed by atoms with E-state index in [4.69, 9.17) is 4.74 Å². The van der Waals surface area contributed by atoms with Gasteiger partial charge >= 0.3 is 0 Å². The van der Waals surface area contributed by atoms with Gasteiger partial charge in [-0.1, -0.05) is 30.3 Å². The van der Waals surface area contributed by atoms with Crippen molar-refractivity contribution in [3.8, 4) is 5.75 Å². The number of carboxylic acid groups (broad SMARTS) is 1. The molecular formula is C17H18N2O3. The summed E-state index contributed by atoms with van der Waals surface area (Å²) in [6.45, 7) is 0.822. The van der Waals surface area contributed by atoms with Crippen molar-refractivity contribution in [3.63, 3.8) is 0 Å². The van der Waals surface area contributed by atoms with Gasteiger partial charge in [-0.25, -0.2) is 4.57 Å². The van der Waals surface area contributed by atoms with Gasteiger partial charge in [0, 0.05) is 36.6 Å². The Morgan fingerprint density at radius 2 is 1.86 bits per heavy atom. The van der Waals surface area contributed by atoms with E-state index >= 15 is 0 Å². The van der Waals surface area contributed by atoms with Gasteiger partial charge in [0.05, 0.1) is 0 Å². The molecule has 0 aliphatic heterocycles. The summed E-state index contributed by atoms with van der Waals surface area (Å²) in [7, 11) is 0. The molecule has 1 aromatic heterocycles. The summed E-state index contributed by atoms with van der Waals surface area (Å²) in [6.07, 6.45) is 4.20. The van der Waals surface area contributed by atoms with Crippen LogP contribution in [-0.4, -0.2) is 18.2 Å². The van der Waals surface area contributed by atoms with E-state index in [0.717, 1.165) is 12.3 Å². The molecule has 3 rings (SSSR count). The number of hydrogen-bond donors (Lipinski definition) is 1. The molecule has 1 N–H and O–H groups in total. The third kappa shape index (κ3) is 3.75. The summed E-state index contributed by atoms with van der Waals surface area (Å²) in [5.41, 5.74) is 1.25. The Hall–Kier alpha value is -2.56. The first-order valence-corrected chi connectivity index (χ1v) is 7.36. The van der Waals surface area contributed by atoms with Crippen molar-refractivity contribution < 1.29 is 19.2 Å². The minimum Gasteiger partial charge on any atom is -0.530 e. The second kappa shape index (κ2) is 6.47. The van der Waals surface area contributed by atoms with Crippen LogP contribution in [0.15, 0.2) is 54.9 Å². The predicted molar refractivity (Wildman–Crippen MR) is 78.2 cm³/mol. The maximum absolute atomic E-state index is 10.4. The summed E-state index contributed by atoms with van der Waals surface area (Å²) < 4.78 is 7.89. The lowest BCUT2D eigenvalue weighted by Gasteiger charge is -2.36. The minimum atomic E-state index is -1.22. The maximum Gasteiger partial charge on any atom is 0.173 e. The van der Waals surface area contributed by atoms with Crippen LogP contribution in [0.5, 0.6) is 5.75 Å². The molecule has 1 aliphatic rings. The van der Waals surface area contributed by atoms with Crippen LogP contribution in [0.1, 0.15) is 18.4 Å². The normalized spacial score (nSPS) is 20.0. The topological polar surface area (TPSA) is 65.3 Å². The predicted octanol–water partition coefficient (Wildman–Crippen LogP) is 0.865. The van der Waals surface area contributed by atoms with E-state index in [1.807, 2.05) is 42.7 Å². The van der Waals surface area contributed by atoms with E-state index in [1.54, 1.807) is 0 Å². The monoisotopic (exact) mass is 298 g/mol. The first kappa shape index (κ1) is 14.4. The summed E-state index contributed by atoms with van der Waals surface area (Å²) in [4.78, 5) is 10.4. The second-order valence-electron chi connectivity index (χ2n) is 5.53. The zero-order valence-corrected chi connectivity index (χ0v) is 12.1. The Bertz CT molecular complexity index is 622. The number of nitrogens with zero attached hydrogens (tertiary/aromatic N) is 1. The first-order valence-electron chi connectivity index (χ1n) is 7.36. The highest BCUT2D eigenvalue weighted by Crippen LogP contribution is 2.25. The molecule has 5 heteroatoms. The molecule has 1 fully saturated rings. The molecule has 2 aromatic rings. The molecule has 22 heavy (non-hydrogen) atoms. The molecule has 0 unspecified atom stereocenters. The van der Waals surface area contributed by atoms with E-state index in [9.17, 15) is 9.90 Å². The van der Waals surface area contributed by atoms with Gasteiger partial charge in [-0.3, -0.25) is 0 Å². The third-order valence-corrected chi connectivity index (χ3v) is 3.79. The fourth-order valence-corrected chi connectivity index (χ4v) is 2.56. The molecule has 1 aromatic carbocycles. The summed E-state index contributed by atoms with van der Waals surface area (Å²) in [5.74, 6) is 0.807. The van der Waals surface area contributed by atoms with Crippen LogP contribution in [0.2, 0.25) is 0 Å². The largest absolute Gasteiger partial charge is 0.530 e. The first-order chi connectivity index (χ1) is 10.7. The molecule has 0 spiro atoms. The van der Waals surface area contributed by atoms with Gasteiger partial charge in [0.15, 0.2) is 18.9 Å². The number of rotatable bonds is 5. The van der Waals surface area contributed by atoms with E-state index < -0.39 is 6.09 Å². The van der Waals surface area contributed by atoms with Gasteiger partial charge in [-0.15, -0.1) is 0 Å². The minimum absolute atomic E-state index is 0.0401. The van der Waals surface area contributed by atoms with Crippen LogP contribution in [0.4, 0.5) is 4.79 Å². The van der Waals surface area contributed by atoms with Crippen LogP contribution in [0.3, 0.4) is 0 Å². The molecule has 1 saturated carbocycles. The summed E-state index contributed by atoms with van der Waals surface area (Å²) >= 11 is 0.